The first-order valence-electron chi connectivity index (χ1n) is 4.73. The van der Waals surface area contributed by atoms with Crippen LogP contribution < -0.4 is 5.73 Å². The van der Waals surface area contributed by atoms with Crippen molar-refractivity contribution in [3.63, 3.8) is 0 Å². The normalized spacial score (nSPS) is 28.8. The fourth-order valence-electron chi connectivity index (χ4n) is 2.08. The fourth-order valence-corrected chi connectivity index (χ4v) is 2.08. The Labute approximate surface area is 77.5 Å². The van der Waals surface area contributed by atoms with E-state index in [1.807, 2.05) is 13.0 Å². The Balaban J connectivity index is 2.37. The van der Waals surface area contributed by atoms with Crippen LogP contribution in [0.1, 0.15) is 31.1 Å². The lowest BCUT2D eigenvalue weighted by Crippen LogP contribution is -2.43. The van der Waals surface area contributed by atoms with Crippen LogP contribution in [0.5, 0.6) is 0 Å². The molecule has 0 amide bonds. The van der Waals surface area contributed by atoms with Gasteiger partial charge in [-0.05, 0) is 18.9 Å². The van der Waals surface area contributed by atoms with Gasteiger partial charge in [0.1, 0.15) is 11.4 Å². The summed E-state index contributed by atoms with van der Waals surface area (Å²) >= 11 is 0. The Hall–Kier alpha value is -0.800. The number of nitrogens with two attached hydrogens (primary N) is 1. The number of aliphatic hydroxyl groups is 1. The number of hydrogen-bond donors (Lipinski definition) is 2. The van der Waals surface area contributed by atoms with Crippen molar-refractivity contribution in [1.82, 2.24) is 0 Å². The molecule has 2 atom stereocenters. The molecule has 0 saturated heterocycles. The van der Waals surface area contributed by atoms with E-state index >= 15 is 0 Å². The zero-order chi connectivity index (χ0) is 9.47. The second kappa shape index (κ2) is 2.86. The molecule has 3 N–H and O–H groups in total. The maximum Gasteiger partial charge on any atom is 0.110 e. The van der Waals surface area contributed by atoms with Crippen LogP contribution >= 0.6 is 0 Å². The van der Waals surface area contributed by atoms with E-state index in [9.17, 15) is 5.11 Å². The molecule has 1 aromatic heterocycles. The zero-order valence-corrected chi connectivity index (χ0v) is 7.79. The molecule has 72 valence electrons. The third-order valence-electron chi connectivity index (χ3n) is 3.00. The van der Waals surface area contributed by atoms with Crippen LogP contribution in [0.4, 0.5) is 0 Å². The largest absolute Gasteiger partial charge is 0.469 e. The van der Waals surface area contributed by atoms with Crippen LogP contribution in [0.25, 0.3) is 0 Å². The van der Waals surface area contributed by atoms with E-state index in [0.717, 1.165) is 24.2 Å². The van der Waals surface area contributed by atoms with E-state index in [1.54, 1.807) is 6.26 Å². The van der Waals surface area contributed by atoms with E-state index in [0.29, 0.717) is 6.42 Å². The molecule has 2 rings (SSSR count). The first-order valence-corrected chi connectivity index (χ1v) is 4.73. The Kier molecular flexibility index (Phi) is 1.93. The van der Waals surface area contributed by atoms with Gasteiger partial charge in [0.05, 0.1) is 6.26 Å². The van der Waals surface area contributed by atoms with Crippen molar-refractivity contribution in [1.29, 1.82) is 0 Å². The SMILES string of the molecule is CCC(N)C1(O)CCc2occc21. The number of hydrogen-bond acceptors (Lipinski definition) is 3. The van der Waals surface area contributed by atoms with Crippen molar-refractivity contribution in [3.05, 3.63) is 23.7 Å². The molecule has 0 fully saturated rings. The molecule has 1 heterocycles. The fraction of sp³-hybridized carbons (Fsp3) is 0.600. The maximum absolute atomic E-state index is 10.3. The van der Waals surface area contributed by atoms with Crippen molar-refractivity contribution in [3.8, 4) is 0 Å². The van der Waals surface area contributed by atoms with E-state index in [4.69, 9.17) is 10.2 Å². The summed E-state index contributed by atoms with van der Waals surface area (Å²) in [7, 11) is 0. The molecule has 2 unspecified atom stereocenters. The van der Waals surface area contributed by atoms with Gasteiger partial charge in [-0.1, -0.05) is 6.92 Å². The quantitative estimate of drug-likeness (QED) is 0.719. The highest BCUT2D eigenvalue weighted by Crippen LogP contribution is 2.40. The Morgan fingerprint density at radius 1 is 1.77 bits per heavy atom. The van der Waals surface area contributed by atoms with Gasteiger partial charge in [0.2, 0.25) is 0 Å². The summed E-state index contributed by atoms with van der Waals surface area (Å²) in [5.74, 6) is 0.895. The summed E-state index contributed by atoms with van der Waals surface area (Å²) in [6.07, 6.45) is 3.89. The van der Waals surface area contributed by atoms with Crippen molar-refractivity contribution in [2.75, 3.05) is 0 Å². The molecule has 3 nitrogen and oxygen atoms in total. The van der Waals surface area contributed by atoms with Gasteiger partial charge in [0.25, 0.3) is 0 Å². The number of fused-ring (bicyclic) bond motifs is 1. The lowest BCUT2D eigenvalue weighted by atomic mass is 9.88. The monoisotopic (exact) mass is 181 g/mol. The molecule has 13 heavy (non-hydrogen) atoms. The maximum atomic E-state index is 10.3. The van der Waals surface area contributed by atoms with Crippen molar-refractivity contribution in [2.24, 2.45) is 5.73 Å². The first kappa shape index (κ1) is 8.78. The molecule has 0 aromatic carbocycles. The van der Waals surface area contributed by atoms with Crippen molar-refractivity contribution in [2.45, 2.75) is 37.8 Å². The van der Waals surface area contributed by atoms with Gasteiger partial charge in [-0.2, -0.15) is 0 Å². The summed E-state index contributed by atoms with van der Waals surface area (Å²) in [5, 5.41) is 10.3. The number of rotatable bonds is 2. The van der Waals surface area contributed by atoms with Crippen LogP contribution in [-0.4, -0.2) is 11.1 Å². The summed E-state index contributed by atoms with van der Waals surface area (Å²) in [6.45, 7) is 1.99. The van der Waals surface area contributed by atoms with Crippen LogP contribution in [0.15, 0.2) is 16.7 Å². The molecule has 0 bridgehead atoms. The summed E-state index contributed by atoms with van der Waals surface area (Å²) in [4.78, 5) is 0. The van der Waals surface area contributed by atoms with Gasteiger partial charge in [-0.25, -0.2) is 0 Å². The predicted molar refractivity (Wildman–Crippen MR) is 49.2 cm³/mol. The second-order valence-electron chi connectivity index (χ2n) is 3.70. The Morgan fingerprint density at radius 2 is 2.54 bits per heavy atom. The molecule has 1 aliphatic carbocycles. The minimum atomic E-state index is -0.850. The van der Waals surface area contributed by atoms with Gasteiger partial charge < -0.3 is 15.3 Å². The second-order valence-corrected chi connectivity index (χ2v) is 3.70. The number of furan rings is 1. The Morgan fingerprint density at radius 3 is 3.23 bits per heavy atom. The number of aryl methyl sites for hydroxylation is 1. The van der Waals surface area contributed by atoms with E-state index in [1.165, 1.54) is 0 Å². The molecule has 0 radical (unpaired) electrons. The zero-order valence-electron chi connectivity index (χ0n) is 7.79. The molecule has 1 aliphatic rings. The average molecular weight is 181 g/mol. The summed E-state index contributed by atoms with van der Waals surface area (Å²) < 4.78 is 5.25. The van der Waals surface area contributed by atoms with Crippen molar-refractivity contribution < 1.29 is 9.52 Å². The van der Waals surface area contributed by atoms with Crippen LogP contribution in [0, 0.1) is 0 Å². The molecule has 0 aliphatic heterocycles. The highest BCUT2D eigenvalue weighted by atomic mass is 16.3. The van der Waals surface area contributed by atoms with E-state index < -0.39 is 5.60 Å². The van der Waals surface area contributed by atoms with Gasteiger partial charge in [0, 0.05) is 18.0 Å². The lowest BCUT2D eigenvalue weighted by Gasteiger charge is -2.28. The van der Waals surface area contributed by atoms with Gasteiger partial charge in [-0.3, -0.25) is 0 Å². The standard InChI is InChI=1S/C10H15NO2/c1-2-9(11)10(12)5-3-8-7(10)4-6-13-8/h4,6,9,12H,2-3,5,11H2,1H3. The lowest BCUT2D eigenvalue weighted by molar-refractivity contribution is 0.0103. The topological polar surface area (TPSA) is 59.4 Å². The molecule has 0 saturated carbocycles. The summed E-state index contributed by atoms with van der Waals surface area (Å²) in [6, 6.07) is 1.64. The van der Waals surface area contributed by atoms with Gasteiger partial charge >= 0.3 is 0 Å². The third kappa shape index (κ3) is 1.11. The van der Waals surface area contributed by atoms with Gasteiger partial charge in [-0.15, -0.1) is 0 Å². The van der Waals surface area contributed by atoms with Crippen LogP contribution in [0.3, 0.4) is 0 Å². The molecular formula is C10H15NO2. The van der Waals surface area contributed by atoms with Crippen molar-refractivity contribution >= 4 is 0 Å². The van der Waals surface area contributed by atoms with Crippen LogP contribution in [-0.2, 0) is 12.0 Å². The smallest absolute Gasteiger partial charge is 0.110 e. The molecule has 3 heteroatoms. The average Bonchev–Trinajstić information content (AvgIpc) is 2.69. The third-order valence-corrected chi connectivity index (χ3v) is 3.00. The highest BCUT2D eigenvalue weighted by molar-refractivity contribution is 5.32. The van der Waals surface area contributed by atoms with E-state index in [-0.39, 0.29) is 6.04 Å². The van der Waals surface area contributed by atoms with Crippen LogP contribution in [0.2, 0.25) is 0 Å². The van der Waals surface area contributed by atoms with E-state index in [2.05, 4.69) is 0 Å². The van der Waals surface area contributed by atoms with Gasteiger partial charge in [0.15, 0.2) is 0 Å². The molecular weight excluding hydrogens is 166 g/mol. The molecule has 0 spiro atoms. The summed E-state index contributed by atoms with van der Waals surface area (Å²) in [5.41, 5.74) is 5.94. The molecule has 1 aromatic rings. The minimum Gasteiger partial charge on any atom is -0.469 e. The predicted octanol–water partition coefficient (Wildman–Crippen LogP) is 1.15. The highest BCUT2D eigenvalue weighted by Gasteiger charge is 2.42. The Bertz CT molecular complexity index is 308. The minimum absolute atomic E-state index is 0.189. The first-order chi connectivity index (χ1) is 6.18.